The maximum absolute atomic E-state index is 10.7. The highest BCUT2D eigenvalue weighted by Crippen LogP contribution is 1.95. The van der Waals surface area contributed by atoms with Crippen molar-refractivity contribution in [2.75, 3.05) is 11.5 Å². The van der Waals surface area contributed by atoms with Crippen molar-refractivity contribution in [1.82, 2.24) is 0 Å². The van der Waals surface area contributed by atoms with Gasteiger partial charge in [0.2, 0.25) is 0 Å². The Morgan fingerprint density at radius 1 is 1.19 bits per heavy atom. The lowest BCUT2D eigenvalue weighted by molar-refractivity contribution is 0.602. The molecule has 0 saturated heterocycles. The molecule has 3 heteroatoms. The Morgan fingerprint density at radius 2 is 1.69 bits per heavy atom. The first-order valence-corrected chi connectivity index (χ1v) is 7.21. The summed E-state index contributed by atoms with van der Waals surface area (Å²) in [5, 5.41) is 0. The van der Waals surface area contributed by atoms with Crippen LogP contribution in [0.1, 0.15) is 32.6 Å². The molecule has 0 unspecified atom stereocenters. The molecule has 2 nitrogen and oxygen atoms in total. The van der Waals surface area contributed by atoms with Crippen LogP contribution in [0.3, 0.4) is 0 Å². The van der Waals surface area contributed by atoms with E-state index in [0.29, 0.717) is 0 Å². The standard InChI is InChI=1S/C7H12.C6H10O2S/c1-3-5-7-6-4-2;1-3-5-9(7,8)6-4-2/h1H,4-7H2,2H3;3-4H,1-2,5-6H2. The highest BCUT2D eigenvalue weighted by molar-refractivity contribution is 7.91. The Kier molecular flexibility index (Phi) is 13.1. The highest BCUT2D eigenvalue weighted by atomic mass is 32.2. The zero-order valence-corrected chi connectivity index (χ0v) is 10.9. The third kappa shape index (κ3) is 15.5. The summed E-state index contributed by atoms with van der Waals surface area (Å²) >= 11 is 0. The Hall–Kier alpha value is -1.01. The lowest BCUT2D eigenvalue weighted by atomic mass is 10.2. The zero-order chi connectivity index (χ0) is 12.9. The van der Waals surface area contributed by atoms with Gasteiger partial charge < -0.3 is 0 Å². The molecule has 0 aliphatic rings. The molecule has 16 heavy (non-hydrogen) atoms. The summed E-state index contributed by atoms with van der Waals surface area (Å²) in [6.45, 7) is 8.81. The molecule has 0 amide bonds. The molecule has 0 aromatic carbocycles. The van der Waals surface area contributed by atoms with E-state index in [1.54, 1.807) is 0 Å². The molecule has 0 saturated carbocycles. The molecule has 0 heterocycles. The van der Waals surface area contributed by atoms with Gasteiger partial charge in [-0.2, -0.15) is 0 Å². The maximum atomic E-state index is 10.7. The number of rotatable bonds is 7. The summed E-state index contributed by atoms with van der Waals surface area (Å²) in [4.78, 5) is 0. The first kappa shape index (κ1) is 17.4. The molecule has 0 bridgehead atoms. The van der Waals surface area contributed by atoms with Gasteiger partial charge in [0.05, 0.1) is 11.5 Å². The molecule has 0 radical (unpaired) electrons. The van der Waals surface area contributed by atoms with Gasteiger partial charge in [0, 0.05) is 6.42 Å². The van der Waals surface area contributed by atoms with Crippen molar-refractivity contribution in [1.29, 1.82) is 0 Å². The largest absolute Gasteiger partial charge is 0.228 e. The average Bonchev–Trinajstić information content (AvgIpc) is 2.19. The van der Waals surface area contributed by atoms with Crippen LogP contribution in [0.2, 0.25) is 0 Å². The molecule has 0 atom stereocenters. The van der Waals surface area contributed by atoms with Crippen LogP contribution >= 0.6 is 0 Å². The number of terminal acetylenes is 1. The monoisotopic (exact) mass is 242 g/mol. The molecule has 0 aromatic rings. The SMILES string of the molecule is C#CCCCCC.C=CCS(=O)(=O)CC=C. The van der Waals surface area contributed by atoms with Crippen LogP contribution in [-0.4, -0.2) is 19.9 Å². The summed E-state index contributed by atoms with van der Waals surface area (Å²) in [5.41, 5.74) is 0. The Bertz CT molecular complexity index is 291. The highest BCUT2D eigenvalue weighted by Gasteiger charge is 2.02. The predicted octanol–water partition coefficient (Wildman–Crippen LogP) is 2.97. The van der Waals surface area contributed by atoms with Gasteiger partial charge >= 0.3 is 0 Å². The summed E-state index contributed by atoms with van der Waals surface area (Å²) in [6.07, 6.45) is 12.5. The van der Waals surface area contributed by atoms with Gasteiger partial charge in [-0.25, -0.2) is 8.42 Å². The molecule has 0 aliphatic carbocycles. The van der Waals surface area contributed by atoms with Crippen molar-refractivity contribution in [2.45, 2.75) is 32.6 Å². The average molecular weight is 242 g/mol. The van der Waals surface area contributed by atoms with E-state index in [9.17, 15) is 8.42 Å². The second-order valence-electron chi connectivity index (χ2n) is 3.32. The Morgan fingerprint density at radius 3 is 2.00 bits per heavy atom. The summed E-state index contributed by atoms with van der Waals surface area (Å²) < 4.78 is 21.4. The van der Waals surface area contributed by atoms with E-state index in [-0.39, 0.29) is 11.5 Å². The normalized spacial score (nSPS) is 9.50. The van der Waals surface area contributed by atoms with Gasteiger partial charge in [-0.1, -0.05) is 31.9 Å². The van der Waals surface area contributed by atoms with E-state index in [1.807, 2.05) is 0 Å². The van der Waals surface area contributed by atoms with E-state index >= 15 is 0 Å². The zero-order valence-electron chi connectivity index (χ0n) is 10.1. The molecular formula is C13H22O2S. The van der Waals surface area contributed by atoms with Gasteiger partial charge in [0.1, 0.15) is 0 Å². The molecule has 0 N–H and O–H groups in total. The van der Waals surface area contributed by atoms with Crippen molar-refractivity contribution in [3.8, 4) is 12.3 Å². The van der Waals surface area contributed by atoms with Gasteiger partial charge in [0.15, 0.2) is 9.84 Å². The van der Waals surface area contributed by atoms with Crippen molar-refractivity contribution >= 4 is 9.84 Å². The third-order valence-corrected chi connectivity index (χ3v) is 3.16. The second kappa shape index (κ2) is 12.1. The molecule has 0 aromatic heterocycles. The van der Waals surface area contributed by atoms with Crippen LogP contribution in [0.4, 0.5) is 0 Å². The number of sulfone groups is 1. The van der Waals surface area contributed by atoms with Crippen LogP contribution in [-0.2, 0) is 9.84 Å². The van der Waals surface area contributed by atoms with Crippen LogP contribution in [0, 0.1) is 12.3 Å². The van der Waals surface area contributed by atoms with E-state index in [0.717, 1.165) is 6.42 Å². The minimum absolute atomic E-state index is 0.0407. The molecular weight excluding hydrogens is 220 g/mol. The van der Waals surface area contributed by atoms with Crippen LogP contribution in [0.5, 0.6) is 0 Å². The fraction of sp³-hybridized carbons (Fsp3) is 0.538. The second-order valence-corrected chi connectivity index (χ2v) is 5.47. The van der Waals surface area contributed by atoms with Crippen molar-refractivity contribution in [3.63, 3.8) is 0 Å². The number of hydrogen-bond acceptors (Lipinski definition) is 2. The maximum Gasteiger partial charge on any atom is 0.157 e. The number of unbranched alkanes of at least 4 members (excludes halogenated alkanes) is 3. The molecule has 0 aliphatic heterocycles. The molecule has 0 spiro atoms. The molecule has 92 valence electrons. The fourth-order valence-electron chi connectivity index (χ4n) is 0.904. The van der Waals surface area contributed by atoms with Crippen molar-refractivity contribution < 1.29 is 8.42 Å². The van der Waals surface area contributed by atoms with Gasteiger partial charge in [-0.15, -0.1) is 25.5 Å². The minimum Gasteiger partial charge on any atom is -0.228 e. The first-order valence-electron chi connectivity index (χ1n) is 5.39. The predicted molar refractivity (Wildman–Crippen MR) is 72.0 cm³/mol. The van der Waals surface area contributed by atoms with E-state index in [4.69, 9.17) is 6.42 Å². The fourth-order valence-corrected chi connectivity index (χ4v) is 1.76. The molecule has 0 rings (SSSR count). The van der Waals surface area contributed by atoms with E-state index < -0.39 is 9.84 Å². The van der Waals surface area contributed by atoms with E-state index in [2.05, 4.69) is 26.0 Å². The first-order chi connectivity index (χ1) is 7.54. The Labute approximate surface area is 100 Å². The summed E-state index contributed by atoms with van der Waals surface area (Å²) in [6, 6.07) is 0. The topological polar surface area (TPSA) is 34.1 Å². The molecule has 0 fully saturated rings. The lowest BCUT2D eigenvalue weighted by Crippen LogP contribution is -2.06. The smallest absolute Gasteiger partial charge is 0.157 e. The van der Waals surface area contributed by atoms with Crippen LogP contribution in [0.15, 0.2) is 25.3 Å². The quantitative estimate of drug-likeness (QED) is 0.391. The van der Waals surface area contributed by atoms with Crippen molar-refractivity contribution in [2.24, 2.45) is 0 Å². The number of hydrogen-bond donors (Lipinski definition) is 0. The van der Waals surface area contributed by atoms with Gasteiger partial charge in [0.25, 0.3) is 0 Å². The summed E-state index contributed by atoms with van der Waals surface area (Å²) in [5.74, 6) is 2.68. The van der Waals surface area contributed by atoms with Crippen molar-refractivity contribution in [3.05, 3.63) is 25.3 Å². The lowest BCUT2D eigenvalue weighted by Gasteiger charge is -1.92. The van der Waals surface area contributed by atoms with Gasteiger partial charge in [-0.05, 0) is 6.42 Å². The van der Waals surface area contributed by atoms with Crippen LogP contribution in [0.25, 0.3) is 0 Å². The third-order valence-electron chi connectivity index (χ3n) is 1.67. The van der Waals surface area contributed by atoms with E-state index in [1.165, 1.54) is 31.4 Å². The van der Waals surface area contributed by atoms with Crippen LogP contribution < -0.4 is 0 Å². The minimum atomic E-state index is -2.92. The van der Waals surface area contributed by atoms with Gasteiger partial charge in [-0.3, -0.25) is 0 Å². The summed E-state index contributed by atoms with van der Waals surface area (Å²) in [7, 11) is -2.92. The Balaban J connectivity index is 0.